The highest BCUT2D eigenvalue weighted by Gasteiger charge is 2.21. The van der Waals surface area contributed by atoms with Crippen LogP contribution in [0.5, 0.6) is 5.75 Å². The first kappa shape index (κ1) is 13.0. The van der Waals surface area contributed by atoms with Gasteiger partial charge in [0.2, 0.25) is 0 Å². The minimum absolute atomic E-state index is 0.0151. The van der Waals surface area contributed by atoms with E-state index in [2.05, 4.69) is 0 Å². The molecule has 0 radical (unpaired) electrons. The van der Waals surface area contributed by atoms with Crippen molar-refractivity contribution in [1.29, 1.82) is 0 Å². The lowest BCUT2D eigenvalue weighted by Gasteiger charge is -2.08. The molecular weight excluding hydrogens is 283 g/mol. The molecule has 94 valence electrons. The number of ether oxygens (including phenoxy) is 1. The zero-order chi connectivity index (χ0) is 12.5. The molecule has 17 heavy (non-hydrogen) atoms. The van der Waals surface area contributed by atoms with Crippen LogP contribution < -0.4 is 4.74 Å². The number of rotatable bonds is 5. The summed E-state index contributed by atoms with van der Waals surface area (Å²) in [5.41, 5.74) is 0. The quantitative estimate of drug-likeness (QED) is 0.781. The van der Waals surface area contributed by atoms with Gasteiger partial charge in [-0.15, -0.1) is 0 Å². The highest BCUT2D eigenvalue weighted by atomic mass is 35.7. The summed E-state index contributed by atoms with van der Waals surface area (Å²) in [6.07, 6.45) is 3.58. The molecule has 0 amide bonds. The Morgan fingerprint density at radius 3 is 2.59 bits per heavy atom. The monoisotopic (exact) mass is 294 g/mol. The number of halogens is 2. The first-order valence-electron chi connectivity index (χ1n) is 5.34. The molecule has 1 saturated carbocycles. The summed E-state index contributed by atoms with van der Waals surface area (Å²) in [4.78, 5) is -0.0151. The number of benzene rings is 1. The standard InChI is InChI=1S/C11H12Cl2O3S/c12-10-7-9(17(13,14)15)3-4-11(10)16-6-5-8-1-2-8/h3-4,7-8H,1-2,5-6H2. The lowest BCUT2D eigenvalue weighted by molar-refractivity contribution is 0.302. The molecule has 1 aromatic rings. The third-order valence-corrected chi connectivity index (χ3v) is 4.31. The maximum Gasteiger partial charge on any atom is 0.261 e. The lowest BCUT2D eigenvalue weighted by atomic mass is 10.3. The highest BCUT2D eigenvalue weighted by molar-refractivity contribution is 8.13. The summed E-state index contributed by atoms with van der Waals surface area (Å²) in [5, 5.41) is 0.266. The van der Waals surface area contributed by atoms with Crippen molar-refractivity contribution >= 4 is 31.3 Å². The second-order valence-corrected chi connectivity index (χ2v) is 7.08. The molecule has 0 bridgehead atoms. The van der Waals surface area contributed by atoms with Crippen molar-refractivity contribution in [3.8, 4) is 5.75 Å². The van der Waals surface area contributed by atoms with Gasteiger partial charge >= 0.3 is 0 Å². The Hall–Kier alpha value is -0.450. The van der Waals surface area contributed by atoms with Crippen LogP contribution in [-0.2, 0) is 9.05 Å². The van der Waals surface area contributed by atoms with Crippen LogP contribution in [0.1, 0.15) is 19.3 Å². The average molecular weight is 295 g/mol. The van der Waals surface area contributed by atoms with Crippen molar-refractivity contribution in [3.63, 3.8) is 0 Å². The Bertz CT molecular complexity index is 509. The molecule has 0 saturated heterocycles. The summed E-state index contributed by atoms with van der Waals surface area (Å²) < 4.78 is 27.6. The molecule has 1 fully saturated rings. The van der Waals surface area contributed by atoms with Gasteiger partial charge in [0.1, 0.15) is 5.75 Å². The summed E-state index contributed by atoms with van der Waals surface area (Å²) in [7, 11) is 1.48. The predicted octanol–water partition coefficient (Wildman–Crippen LogP) is 3.45. The van der Waals surface area contributed by atoms with Gasteiger partial charge in [0.05, 0.1) is 16.5 Å². The van der Waals surface area contributed by atoms with Gasteiger partial charge in [0.15, 0.2) is 0 Å². The van der Waals surface area contributed by atoms with E-state index in [4.69, 9.17) is 27.0 Å². The normalized spacial score (nSPS) is 15.9. The van der Waals surface area contributed by atoms with Crippen molar-refractivity contribution in [2.75, 3.05) is 6.61 Å². The fraction of sp³-hybridized carbons (Fsp3) is 0.455. The molecule has 0 N–H and O–H groups in total. The molecule has 0 heterocycles. The lowest BCUT2D eigenvalue weighted by Crippen LogP contribution is -1.99. The largest absolute Gasteiger partial charge is 0.492 e. The number of hydrogen-bond donors (Lipinski definition) is 0. The Kier molecular flexibility index (Phi) is 3.85. The average Bonchev–Trinajstić information content (AvgIpc) is 3.02. The van der Waals surface area contributed by atoms with Crippen LogP contribution in [0.25, 0.3) is 0 Å². The van der Waals surface area contributed by atoms with Crippen molar-refractivity contribution in [3.05, 3.63) is 23.2 Å². The van der Waals surface area contributed by atoms with E-state index in [1.807, 2.05) is 0 Å². The maximum absolute atomic E-state index is 11.1. The van der Waals surface area contributed by atoms with E-state index in [9.17, 15) is 8.42 Å². The van der Waals surface area contributed by atoms with E-state index in [1.165, 1.54) is 31.0 Å². The summed E-state index contributed by atoms with van der Waals surface area (Å²) in [6.45, 7) is 0.608. The molecular formula is C11H12Cl2O3S. The van der Waals surface area contributed by atoms with Crippen LogP contribution in [-0.4, -0.2) is 15.0 Å². The summed E-state index contributed by atoms with van der Waals surface area (Å²) >= 11 is 5.92. The minimum atomic E-state index is -3.73. The van der Waals surface area contributed by atoms with Crippen LogP contribution >= 0.6 is 22.3 Å². The fourth-order valence-electron chi connectivity index (χ4n) is 1.49. The fourth-order valence-corrected chi connectivity index (χ4v) is 2.57. The first-order chi connectivity index (χ1) is 7.97. The Balaban J connectivity index is 2.02. The van der Waals surface area contributed by atoms with Gasteiger partial charge < -0.3 is 4.74 Å². The maximum atomic E-state index is 11.1. The van der Waals surface area contributed by atoms with Crippen molar-refractivity contribution < 1.29 is 13.2 Å². The molecule has 0 spiro atoms. The molecule has 1 aliphatic rings. The van der Waals surface area contributed by atoms with Crippen molar-refractivity contribution in [2.24, 2.45) is 5.92 Å². The Labute approximate surface area is 110 Å². The molecule has 3 nitrogen and oxygen atoms in total. The van der Waals surface area contributed by atoms with Crippen LogP contribution in [0.4, 0.5) is 0 Å². The molecule has 0 aliphatic heterocycles. The van der Waals surface area contributed by atoms with Crippen molar-refractivity contribution in [1.82, 2.24) is 0 Å². The van der Waals surface area contributed by atoms with Crippen LogP contribution in [0, 0.1) is 5.92 Å². The topological polar surface area (TPSA) is 43.4 Å². The zero-order valence-electron chi connectivity index (χ0n) is 9.03. The molecule has 0 aromatic heterocycles. The van der Waals surface area contributed by atoms with E-state index in [0.717, 1.165) is 12.3 Å². The van der Waals surface area contributed by atoms with Crippen LogP contribution in [0.15, 0.2) is 23.1 Å². The SMILES string of the molecule is O=S(=O)(Cl)c1ccc(OCCC2CC2)c(Cl)c1. The summed E-state index contributed by atoms with van der Waals surface area (Å²) in [5.74, 6) is 1.28. The second-order valence-electron chi connectivity index (χ2n) is 4.11. The third kappa shape index (κ3) is 3.76. The molecule has 0 unspecified atom stereocenters. The van der Waals surface area contributed by atoms with Gasteiger partial charge in [0, 0.05) is 10.7 Å². The molecule has 0 atom stereocenters. The first-order valence-corrected chi connectivity index (χ1v) is 8.02. The van der Waals surface area contributed by atoms with Gasteiger partial charge in [-0.25, -0.2) is 8.42 Å². The second kappa shape index (κ2) is 5.04. The Morgan fingerprint density at radius 2 is 2.06 bits per heavy atom. The Morgan fingerprint density at radius 1 is 1.35 bits per heavy atom. The van der Waals surface area contributed by atoms with Crippen molar-refractivity contribution in [2.45, 2.75) is 24.2 Å². The van der Waals surface area contributed by atoms with Gasteiger partial charge in [-0.05, 0) is 30.5 Å². The summed E-state index contributed by atoms with van der Waals surface area (Å²) in [6, 6.07) is 4.22. The van der Waals surface area contributed by atoms with Gasteiger partial charge in [-0.3, -0.25) is 0 Å². The van der Waals surface area contributed by atoms with Crippen LogP contribution in [0.2, 0.25) is 5.02 Å². The molecule has 1 aliphatic carbocycles. The number of hydrogen-bond acceptors (Lipinski definition) is 3. The van der Waals surface area contributed by atoms with Gasteiger partial charge in [0.25, 0.3) is 9.05 Å². The van der Waals surface area contributed by atoms with E-state index in [0.29, 0.717) is 12.4 Å². The van der Waals surface area contributed by atoms with Gasteiger partial charge in [-0.1, -0.05) is 24.4 Å². The predicted molar refractivity (Wildman–Crippen MR) is 67.3 cm³/mol. The zero-order valence-corrected chi connectivity index (χ0v) is 11.4. The van der Waals surface area contributed by atoms with Gasteiger partial charge in [-0.2, -0.15) is 0 Å². The smallest absolute Gasteiger partial charge is 0.261 e. The highest BCUT2D eigenvalue weighted by Crippen LogP contribution is 2.33. The van der Waals surface area contributed by atoms with E-state index >= 15 is 0 Å². The molecule has 1 aromatic carbocycles. The molecule has 6 heteroatoms. The minimum Gasteiger partial charge on any atom is -0.492 e. The van der Waals surface area contributed by atoms with E-state index in [-0.39, 0.29) is 9.92 Å². The van der Waals surface area contributed by atoms with Crippen LogP contribution in [0.3, 0.4) is 0 Å². The molecule has 2 rings (SSSR count). The third-order valence-electron chi connectivity index (χ3n) is 2.67. The van der Waals surface area contributed by atoms with E-state index in [1.54, 1.807) is 0 Å². The van der Waals surface area contributed by atoms with E-state index < -0.39 is 9.05 Å².